The summed E-state index contributed by atoms with van der Waals surface area (Å²) in [6, 6.07) is 0. The lowest BCUT2D eigenvalue weighted by Gasteiger charge is -2.24. The van der Waals surface area contributed by atoms with E-state index in [9.17, 15) is 4.79 Å². The zero-order valence-corrected chi connectivity index (χ0v) is 10.4. The van der Waals surface area contributed by atoms with Crippen LogP contribution in [0.1, 0.15) is 19.8 Å². The van der Waals surface area contributed by atoms with E-state index in [1.54, 1.807) is 0 Å². The highest BCUT2D eigenvalue weighted by Crippen LogP contribution is 2.10. The summed E-state index contributed by atoms with van der Waals surface area (Å²) >= 11 is 0. The molecular formula is C14H19NO2. The van der Waals surface area contributed by atoms with E-state index in [1.807, 2.05) is 19.1 Å². The highest BCUT2D eigenvalue weighted by Gasteiger charge is 2.17. The van der Waals surface area contributed by atoms with Gasteiger partial charge in [0.1, 0.15) is 0 Å². The third kappa shape index (κ3) is 4.88. The summed E-state index contributed by atoms with van der Waals surface area (Å²) in [6.07, 6.45) is 5.47. The number of ether oxygens (including phenoxy) is 1. The van der Waals surface area contributed by atoms with Gasteiger partial charge in [-0.15, -0.1) is 12.5 Å². The lowest BCUT2D eigenvalue weighted by Crippen LogP contribution is -2.32. The molecule has 0 N–H and O–H groups in total. The molecule has 0 atom stereocenters. The van der Waals surface area contributed by atoms with Crippen molar-refractivity contribution >= 4 is 5.97 Å². The van der Waals surface area contributed by atoms with Gasteiger partial charge >= 0.3 is 5.97 Å². The molecule has 0 saturated carbocycles. The summed E-state index contributed by atoms with van der Waals surface area (Å²) in [6.45, 7) is 8.27. The third-order valence-corrected chi connectivity index (χ3v) is 2.46. The molecule has 0 saturated heterocycles. The molecule has 0 aliphatic carbocycles. The predicted octanol–water partition coefficient (Wildman–Crippen LogP) is 1.76. The van der Waals surface area contributed by atoms with Gasteiger partial charge in [-0.1, -0.05) is 25.0 Å². The summed E-state index contributed by atoms with van der Waals surface area (Å²) in [5.41, 5.74) is 0.733. The Hall–Kier alpha value is -1.53. The number of hydrogen-bond donors (Lipinski definition) is 0. The summed E-state index contributed by atoms with van der Waals surface area (Å²) in [4.78, 5) is 13.9. The predicted molar refractivity (Wildman–Crippen MR) is 68.4 cm³/mol. The highest BCUT2D eigenvalue weighted by molar-refractivity contribution is 5.89. The fourth-order valence-electron chi connectivity index (χ4n) is 1.66. The third-order valence-electron chi connectivity index (χ3n) is 2.46. The van der Waals surface area contributed by atoms with Crippen molar-refractivity contribution in [1.29, 1.82) is 0 Å². The first kappa shape index (κ1) is 13.5. The van der Waals surface area contributed by atoms with Crippen molar-refractivity contribution in [3.05, 3.63) is 24.3 Å². The highest BCUT2D eigenvalue weighted by atomic mass is 16.5. The topological polar surface area (TPSA) is 29.5 Å². The second-order valence-corrected chi connectivity index (χ2v) is 3.83. The number of carbonyl (C=O) groups is 1. The first-order valence-corrected chi connectivity index (χ1v) is 5.93. The molecule has 1 aliphatic heterocycles. The molecule has 92 valence electrons. The van der Waals surface area contributed by atoms with E-state index in [1.165, 1.54) is 0 Å². The van der Waals surface area contributed by atoms with Gasteiger partial charge in [0.25, 0.3) is 0 Å². The van der Waals surface area contributed by atoms with E-state index in [0.29, 0.717) is 6.54 Å². The van der Waals surface area contributed by atoms with Crippen LogP contribution in [0, 0.1) is 11.8 Å². The number of hydrogen-bond acceptors (Lipinski definition) is 3. The maximum atomic E-state index is 11.7. The minimum atomic E-state index is -0.246. The van der Waals surface area contributed by atoms with Crippen molar-refractivity contribution in [1.82, 2.24) is 4.90 Å². The zero-order chi connectivity index (χ0) is 12.5. The molecule has 0 amide bonds. The maximum Gasteiger partial charge on any atom is 0.335 e. The summed E-state index contributed by atoms with van der Waals surface area (Å²) in [7, 11) is 0. The Balaban J connectivity index is 2.40. The van der Waals surface area contributed by atoms with Gasteiger partial charge < -0.3 is 4.74 Å². The van der Waals surface area contributed by atoms with Gasteiger partial charge in [-0.3, -0.25) is 4.90 Å². The minimum absolute atomic E-state index is 0.186. The van der Waals surface area contributed by atoms with Crippen molar-refractivity contribution < 1.29 is 9.53 Å². The fourth-order valence-corrected chi connectivity index (χ4v) is 1.66. The van der Waals surface area contributed by atoms with Crippen molar-refractivity contribution in [2.24, 2.45) is 0 Å². The first-order chi connectivity index (χ1) is 8.27. The second-order valence-electron chi connectivity index (χ2n) is 3.83. The summed E-state index contributed by atoms with van der Waals surface area (Å²) < 4.78 is 5.08. The zero-order valence-electron chi connectivity index (χ0n) is 10.4. The Labute approximate surface area is 103 Å². The maximum absolute atomic E-state index is 11.7. The Morgan fingerprint density at radius 1 is 1.65 bits per heavy atom. The van der Waals surface area contributed by atoms with Crippen LogP contribution in [-0.4, -0.2) is 37.1 Å². The number of carbonyl (C=O) groups excluding carboxylic acids is 1. The van der Waals surface area contributed by atoms with Crippen LogP contribution in [0.3, 0.4) is 0 Å². The van der Waals surface area contributed by atoms with E-state index in [0.717, 1.165) is 31.5 Å². The van der Waals surface area contributed by atoms with Crippen LogP contribution in [0.4, 0.5) is 0 Å². The quantitative estimate of drug-likeness (QED) is 0.421. The molecule has 1 rings (SSSR count). The first-order valence-electron chi connectivity index (χ1n) is 5.93. The van der Waals surface area contributed by atoms with Crippen molar-refractivity contribution in [3.8, 4) is 11.8 Å². The van der Waals surface area contributed by atoms with Gasteiger partial charge in [0.05, 0.1) is 0 Å². The monoisotopic (exact) mass is 233 g/mol. The lowest BCUT2D eigenvalue weighted by molar-refractivity contribution is -0.138. The van der Waals surface area contributed by atoms with E-state index in [-0.39, 0.29) is 12.6 Å². The van der Waals surface area contributed by atoms with Gasteiger partial charge in [-0.2, -0.15) is 0 Å². The van der Waals surface area contributed by atoms with Crippen LogP contribution in [0.5, 0.6) is 0 Å². The van der Waals surface area contributed by atoms with Gasteiger partial charge in [-0.05, 0) is 6.42 Å². The molecule has 0 unspecified atom stereocenters. The van der Waals surface area contributed by atoms with Gasteiger partial charge in [0.2, 0.25) is 0 Å². The average molecular weight is 233 g/mol. The normalized spacial score (nSPS) is 15.5. The molecule has 0 bridgehead atoms. The Bertz CT molecular complexity index is 360. The van der Waals surface area contributed by atoms with Crippen molar-refractivity contribution in [2.45, 2.75) is 19.8 Å². The van der Waals surface area contributed by atoms with Gasteiger partial charge in [0, 0.05) is 31.6 Å². The molecule has 3 heteroatoms. The fraction of sp³-hybridized carbons (Fsp3) is 0.500. The Morgan fingerprint density at radius 3 is 3.18 bits per heavy atom. The summed E-state index contributed by atoms with van der Waals surface area (Å²) in [5.74, 6) is 5.41. The average Bonchev–Trinajstić information content (AvgIpc) is 2.35. The molecule has 1 aliphatic rings. The van der Waals surface area contributed by atoms with Gasteiger partial charge in [0.15, 0.2) is 6.61 Å². The number of nitrogens with zero attached hydrogens (tertiary/aromatic N) is 1. The molecule has 3 nitrogen and oxygen atoms in total. The van der Waals surface area contributed by atoms with Crippen LogP contribution in [0.2, 0.25) is 0 Å². The molecule has 0 aromatic carbocycles. The van der Waals surface area contributed by atoms with Crippen LogP contribution < -0.4 is 0 Å². The van der Waals surface area contributed by atoms with E-state index in [2.05, 4.69) is 23.3 Å². The molecular weight excluding hydrogens is 214 g/mol. The van der Waals surface area contributed by atoms with Crippen LogP contribution >= 0.6 is 0 Å². The Kier molecular flexibility index (Phi) is 6.13. The number of rotatable bonds is 4. The number of esters is 1. The van der Waals surface area contributed by atoms with E-state index >= 15 is 0 Å². The molecule has 1 heterocycles. The van der Waals surface area contributed by atoms with Crippen LogP contribution in [0.25, 0.3) is 0 Å². The minimum Gasteiger partial charge on any atom is -0.449 e. The molecule has 0 spiro atoms. The van der Waals surface area contributed by atoms with Crippen LogP contribution in [-0.2, 0) is 9.53 Å². The molecule has 0 radical (unpaired) electrons. The van der Waals surface area contributed by atoms with E-state index in [4.69, 9.17) is 4.74 Å². The molecule has 0 aromatic heterocycles. The van der Waals surface area contributed by atoms with E-state index < -0.39 is 0 Å². The second kappa shape index (κ2) is 7.70. The molecule has 0 fully saturated rings. The smallest absolute Gasteiger partial charge is 0.335 e. The van der Waals surface area contributed by atoms with Gasteiger partial charge in [-0.25, -0.2) is 4.79 Å². The largest absolute Gasteiger partial charge is 0.449 e. The van der Waals surface area contributed by atoms with Crippen LogP contribution in [0.15, 0.2) is 24.3 Å². The SMILES string of the molecule is C=CCN1CCC=C(C(=O)OCC#CCC)C1. The summed E-state index contributed by atoms with van der Waals surface area (Å²) in [5, 5.41) is 0. The van der Waals surface area contributed by atoms with Crippen molar-refractivity contribution in [3.63, 3.8) is 0 Å². The van der Waals surface area contributed by atoms with Crippen molar-refractivity contribution in [2.75, 3.05) is 26.2 Å². The Morgan fingerprint density at radius 2 is 2.47 bits per heavy atom. The molecule has 17 heavy (non-hydrogen) atoms. The molecule has 0 aromatic rings. The lowest BCUT2D eigenvalue weighted by atomic mass is 10.1. The standard InChI is InChI=1S/C14H19NO2/c1-3-5-6-11-17-14(16)13-8-7-10-15(12-13)9-4-2/h4,8H,2-3,7,9-12H2,1H3.